The second-order valence-corrected chi connectivity index (χ2v) is 8.20. The highest BCUT2D eigenvalue weighted by Gasteiger charge is 2.34. The molecule has 1 saturated heterocycles. The number of piperidine rings is 1. The lowest BCUT2D eigenvalue weighted by molar-refractivity contribution is -0.902. The van der Waals surface area contributed by atoms with Gasteiger partial charge in [0.2, 0.25) is 0 Å². The summed E-state index contributed by atoms with van der Waals surface area (Å²) in [4.78, 5) is 28.1. The number of hydrogen-bond donors (Lipinski definition) is 3. The van der Waals surface area contributed by atoms with E-state index in [1.165, 1.54) is 37.0 Å². The molecule has 3 atom stereocenters. The molecule has 0 radical (unpaired) electrons. The van der Waals surface area contributed by atoms with E-state index in [1.807, 2.05) is 12.1 Å². The highest BCUT2D eigenvalue weighted by molar-refractivity contribution is 5.95. The summed E-state index contributed by atoms with van der Waals surface area (Å²) in [5.74, 6) is 1.27. The highest BCUT2D eigenvalue weighted by atomic mass is 16.2. The number of quaternary nitrogens is 1. The van der Waals surface area contributed by atoms with Crippen molar-refractivity contribution in [2.45, 2.75) is 46.0 Å². The van der Waals surface area contributed by atoms with Crippen LogP contribution in [0.25, 0.3) is 0 Å². The average Bonchev–Trinajstić information content (AvgIpc) is 2.73. The molecule has 1 aromatic rings. The van der Waals surface area contributed by atoms with E-state index in [2.05, 4.69) is 29.6 Å². The molecule has 6 heteroatoms. The van der Waals surface area contributed by atoms with Crippen LogP contribution >= 0.6 is 0 Å². The van der Waals surface area contributed by atoms with Crippen molar-refractivity contribution in [3.63, 3.8) is 0 Å². The van der Waals surface area contributed by atoms with Gasteiger partial charge in [-0.25, -0.2) is 0 Å². The number of nitrogens with zero attached hydrogens (tertiary/aromatic N) is 1. The topological polar surface area (TPSA) is 65.9 Å². The zero-order valence-corrected chi connectivity index (χ0v) is 17.3. The third-order valence-corrected chi connectivity index (χ3v) is 6.47. The Bertz CT molecular complexity index is 657. The van der Waals surface area contributed by atoms with Crippen molar-refractivity contribution in [3.8, 4) is 0 Å². The number of likely N-dealkylation sites (tertiary alicyclic amines) is 1. The van der Waals surface area contributed by atoms with Gasteiger partial charge >= 0.3 is 0 Å². The maximum absolute atomic E-state index is 12.3. The molecule has 28 heavy (non-hydrogen) atoms. The second kappa shape index (κ2) is 9.92. The molecule has 1 aliphatic heterocycles. The SMILES string of the molecule is CCN(CC)c1ccc(C(=O)NNC(=O)C[NH+]2CC[C@@H]3CCCC[C@@H]3C2)cc1. The Hall–Kier alpha value is -2.08. The summed E-state index contributed by atoms with van der Waals surface area (Å²) in [7, 11) is 0. The minimum Gasteiger partial charge on any atom is -0.372 e. The van der Waals surface area contributed by atoms with Crippen LogP contribution in [0, 0.1) is 11.8 Å². The summed E-state index contributed by atoms with van der Waals surface area (Å²) in [5.41, 5.74) is 6.79. The van der Waals surface area contributed by atoms with Gasteiger partial charge in [-0.05, 0) is 63.3 Å². The van der Waals surface area contributed by atoms with Crippen molar-refractivity contribution < 1.29 is 14.5 Å². The Morgan fingerprint density at radius 1 is 1.00 bits per heavy atom. The summed E-state index contributed by atoms with van der Waals surface area (Å²) < 4.78 is 0. The van der Waals surface area contributed by atoms with Crippen LogP contribution in [0.15, 0.2) is 24.3 Å². The first-order chi connectivity index (χ1) is 13.6. The number of carbonyl (C=O) groups excluding carboxylic acids is 2. The summed E-state index contributed by atoms with van der Waals surface area (Å²) in [5, 5.41) is 0. The summed E-state index contributed by atoms with van der Waals surface area (Å²) >= 11 is 0. The number of carbonyl (C=O) groups is 2. The van der Waals surface area contributed by atoms with E-state index in [0.29, 0.717) is 12.1 Å². The fourth-order valence-corrected chi connectivity index (χ4v) is 4.84. The van der Waals surface area contributed by atoms with Crippen LogP contribution in [0.4, 0.5) is 5.69 Å². The van der Waals surface area contributed by atoms with Crippen LogP contribution in [-0.2, 0) is 4.79 Å². The Morgan fingerprint density at radius 2 is 1.68 bits per heavy atom. The standard InChI is InChI=1S/C22H34N4O2/c1-3-26(4-2)20-11-9-18(10-12-20)22(28)24-23-21(27)16-25-14-13-17-7-5-6-8-19(17)15-25/h9-12,17,19H,3-8,13-16H2,1-2H3,(H,23,27)(H,24,28)/p+1/t17-,19+/m0/s1. The normalized spacial score (nSPS) is 24.1. The molecule has 3 rings (SSSR count). The number of hydrazine groups is 1. The zero-order chi connectivity index (χ0) is 19.9. The molecule has 0 bridgehead atoms. The van der Waals surface area contributed by atoms with Crippen molar-refractivity contribution >= 4 is 17.5 Å². The second-order valence-electron chi connectivity index (χ2n) is 8.20. The number of anilines is 1. The average molecular weight is 388 g/mol. The predicted molar refractivity (Wildman–Crippen MR) is 111 cm³/mol. The van der Waals surface area contributed by atoms with Crippen molar-refractivity contribution in [3.05, 3.63) is 29.8 Å². The van der Waals surface area contributed by atoms with E-state index in [-0.39, 0.29) is 11.8 Å². The Balaban J connectivity index is 1.43. The van der Waals surface area contributed by atoms with E-state index < -0.39 is 0 Å². The van der Waals surface area contributed by atoms with Gasteiger partial charge in [-0.15, -0.1) is 0 Å². The van der Waals surface area contributed by atoms with Gasteiger partial charge < -0.3 is 9.80 Å². The van der Waals surface area contributed by atoms with Gasteiger partial charge in [0.15, 0.2) is 6.54 Å². The molecule has 3 N–H and O–H groups in total. The minimum atomic E-state index is -0.277. The van der Waals surface area contributed by atoms with Gasteiger partial charge in [-0.2, -0.15) is 0 Å². The minimum absolute atomic E-state index is 0.114. The molecule has 1 aliphatic carbocycles. The lowest BCUT2D eigenvalue weighted by Crippen LogP contribution is -3.15. The van der Waals surface area contributed by atoms with E-state index >= 15 is 0 Å². The third-order valence-electron chi connectivity index (χ3n) is 6.47. The Labute approximate surface area is 168 Å². The first kappa shape index (κ1) is 20.6. The van der Waals surface area contributed by atoms with Crippen LogP contribution in [0.2, 0.25) is 0 Å². The predicted octanol–water partition coefficient (Wildman–Crippen LogP) is 1.39. The lowest BCUT2D eigenvalue weighted by atomic mass is 9.75. The van der Waals surface area contributed by atoms with Crippen LogP contribution in [0.1, 0.15) is 56.3 Å². The number of nitrogens with one attached hydrogen (secondary N) is 3. The van der Waals surface area contributed by atoms with Crippen molar-refractivity contribution in [2.75, 3.05) is 37.6 Å². The summed E-state index contributed by atoms with van der Waals surface area (Å²) in [6, 6.07) is 7.49. The molecule has 2 fully saturated rings. The maximum Gasteiger partial charge on any atom is 0.293 e. The molecule has 1 heterocycles. The fourth-order valence-electron chi connectivity index (χ4n) is 4.84. The molecule has 0 aromatic heterocycles. The van der Waals surface area contributed by atoms with Gasteiger partial charge in [-0.1, -0.05) is 12.8 Å². The molecular weight excluding hydrogens is 352 g/mol. The zero-order valence-electron chi connectivity index (χ0n) is 17.3. The van der Waals surface area contributed by atoms with Gasteiger partial charge in [0, 0.05) is 30.3 Å². The third kappa shape index (κ3) is 5.25. The van der Waals surface area contributed by atoms with Gasteiger partial charge in [0.05, 0.1) is 13.1 Å². The van der Waals surface area contributed by atoms with Gasteiger partial charge in [0.25, 0.3) is 11.8 Å². The summed E-state index contributed by atoms with van der Waals surface area (Å²) in [6.07, 6.45) is 6.63. The van der Waals surface area contributed by atoms with Gasteiger partial charge in [0.1, 0.15) is 0 Å². The quantitative estimate of drug-likeness (QED) is 0.647. The maximum atomic E-state index is 12.3. The fraction of sp³-hybridized carbons (Fsp3) is 0.636. The number of benzene rings is 1. The molecular formula is C22H35N4O2+. The van der Waals surface area contributed by atoms with E-state index in [0.717, 1.165) is 43.7 Å². The molecule has 1 saturated carbocycles. The van der Waals surface area contributed by atoms with Gasteiger partial charge in [-0.3, -0.25) is 20.4 Å². The molecule has 1 unspecified atom stereocenters. The molecule has 2 aliphatic rings. The number of hydrogen-bond acceptors (Lipinski definition) is 3. The number of rotatable bonds is 6. The molecule has 6 nitrogen and oxygen atoms in total. The van der Waals surface area contributed by atoms with E-state index in [1.54, 1.807) is 12.1 Å². The van der Waals surface area contributed by atoms with Crippen molar-refractivity contribution in [2.24, 2.45) is 11.8 Å². The van der Waals surface area contributed by atoms with E-state index in [9.17, 15) is 9.59 Å². The first-order valence-electron chi connectivity index (χ1n) is 10.9. The van der Waals surface area contributed by atoms with Crippen LogP contribution in [0.3, 0.4) is 0 Å². The Kier molecular flexibility index (Phi) is 7.31. The van der Waals surface area contributed by atoms with Crippen molar-refractivity contribution in [1.82, 2.24) is 10.9 Å². The molecule has 2 amide bonds. The smallest absolute Gasteiger partial charge is 0.293 e. The molecule has 154 valence electrons. The number of fused-ring (bicyclic) bond motifs is 1. The largest absolute Gasteiger partial charge is 0.372 e. The van der Waals surface area contributed by atoms with E-state index in [4.69, 9.17) is 0 Å². The van der Waals surface area contributed by atoms with Crippen molar-refractivity contribution in [1.29, 1.82) is 0 Å². The summed E-state index contributed by atoms with van der Waals surface area (Å²) in [6.45, 7) is 8.67. The van der Waals surface area contributed by atoms with Crippen LogP contribution < -0.4 is 20.7 Å². The van der Waals surface area contributed by atoms with Crippen LogP contribution in [0.5, 0.6) is 0 Å². The highest BCUT2D eigenvalue weighted by Crippen LogP contribution is 2.32. The lowest BCUT2D eigenvalue weighted by Gasteiger charge is -2.38. The molecule has 0 spiro atoms. The first-order valence-corrected chi connectivity index (χ1v) is 10.9. The monoisotopic (exact) mass is 387 g/mol. The van der Waals surface area contributed by atoms with Crippen LogP contribution in [-0.4, -0.2) is 44.5 Å². The Morgan fingerprint density at radius 3 is 2.36 bits per heavy atom. The molecule has 1 aromatic carbocycles. The number of amides is 2.